The molecule has 2 rings (SSSR count). The molecule has 2 aliphatic rings. The summed E-state index contributed by atoms with van der Waals surface area (Å²) < 4.78 is 15.4. The highest BCUT2D eigenvalue weighted by Crippen LogP contribution is 2.16. The van der Waals surface area contributed by atoms with Gasteiger partial charge in [0.2, 0.25) is 0 Å². The predicted octanol–water partition coefficient (Wildman–Crippen LogP) is 1.38. The first kappa shape index (κ1) is 10.1. The van der Waals surface area contributed by atoms with Crippen molar-refractivity contribution in [3.8, 4) is 0 Å². The average molecular weight is 210 g/mol. The number of rotatable bonds is 2. The molecule has 0 aromatic rings. The maximum atomic E-state index is 11.7. The van der Waals surface area contributed by atoms with Crippen LogP contribution in [0.3, 0.4) is 0 Å². The highest BCUT2D eigenvalue weighted by molar-refractivity contribution is 5.74. The number of esters is 1. The summed E-state index contributed by atoms with van der Waals surface area (Å²) in [7, 11) is 0. The fourth-order valence-corrected chi connectivity index (χ4v) is 1.53. The fraction of sp³-hybridized carbons (Fsp3) is 0.545. The van der Waals surface area contributed by atoms with Crippen LogP contribution < -0.4 is 0 Å². The number of carbonyl (C=O) groups is 1. The topological polar surface area (TPSA) is 44.8 Å². The summed E-state index contributed by atoms with van der Waals surface area (Å²) in [4.78, 5) is 11.7. The molecule has 2 atom stereocenters. The Morgan fingerprint density at radius 3 is 2.47 bits per heavy atom. The molecule has 0 bridgehead atoms. The summed E-state index contributed by atoms with van der Waals surface area (Å²) in [5.41, 5.74) is 0. The van der Waals surface area contributed by atoms with Gasteiger partial charge in [0.25, 0.3) is 0 Å². The lowest BCUT2D eigenvalue weighted by Crippen LogP contribution is -2.26. The summed E-state index contributed by atoms with van der Waals surface area (Å²) in [6.45, 7) is 1.19. The second-order valence-electron chi connectivity index (χ2n) is 3.56. The van der Waals surface area contributed by atoms with Crippen LogP contribution in [0.5, 0.6) is 0 Å². The average Bonchev–Trinajstić information content (AvgIpc) is 2.31. The van der Waals surface area contributed by atoms with Gasteiger partial charge in [-0.2, -0.15) is 0 Å². The minimum atomic E-state index is -0.175. The number of carbonyl (C=O) groups excluding carboxylic acids is 1. The van der Waals surface area contributed by atoms with E-state index in [4.69, 9.17) is 14.2 Å². The Labute approximate surface area is 88.5 Å². The summed E-state index contributed by atoms with van der Waals surface area (Å²) in [6.07, 6.45) is 7.95. The lowest BCUT2D eigenvalue weighted by molar-refractivity contribution is -0.152. The van der Waals surface area contributed by atoms with E-state index in [0.717, 1.165) is 6.42 Å². The van der Waals surface area contributed by atoms with Crippen molar-refractivity contribution in [2.24, 2.45) is 5.92 Å². The van der Waals surface area contributed by atoms with Crippen molar-refractivity contribution in [2.75, 3.05) is 13.2 Å². The van der Waals surface area contributed by atoms with Crippen LogP contribution in [0.4, 0.5) is 0 Å². The van der Waals surface area contributed by atoms with Gasteiger partial charge in [-0.25, -0.2) is 0 Å². The molecule has 0 aromatic carbocycles. The molecule has 0 saturated carbocycles. The van der Waals surface area contributed by atoms with Crippen molar-refractivity contribution in [3.63, 3.8) is 0 Å². The van der Waals surface area contributed by atoms with Crippen LogP contribution >= 0.6 is 0 Å². The fourth-order valence-electron chi connectivity index (χ4n) is 1.53. The predicted molar refractivity (Wildman–Crippen MR) is 52.8 cm³/mol. The third-order valence-corrected chi connectivity index (χ3v) is 2.43. The minimum Gasteiger partial charge on any atom is -0.501 e. The second-order valence-corrected chi connectivity index (χ2v) is 3.56. The summed E-state index contributed by atoms with van der Waals surface area (Å²) >= 11 is 0. The Morgan fingerprint density at radius 2 is 1.87 bits per heavy atom. The van der Waals surface area contributed by atoms with E-state index >= 15 is 0 Å². The van der Waals surface area contributed by atoms with Crippen LogP contribution in [0, 0.1) is 5.92 Å². The van der Waals surface area contributed by atoms with E-state index in [1.165, 1.54) is 0 Å². The van der Waals surface area contributed by atoms with Crippen molar-refractivity contribution in [3.05, 3.63) is 24.7 Å². The van der Waals surface area contributed by atoms with Gasteiger partial charge in [0.15, 0.2) is 0 Å². The largest absolute Gasteiger partial charge is 0.501 e. The van der Waals surface area contributed by atoms with Crippen LogP contribution in [0.2, 0.25) is 0 Å². The molecule has 2 unspecified atom stereocenters. The first-order valence-electron chi connectivity index (χ1n) is 5.13. The van der Waals surface area contributed by atoms with E-state index in [2.05, 4.69) is 0 Å². The van der Waals surface area contributed by atoms with E-state index in [1.54, 1.807) is 24.7 Å². The number of hydrogen-bond donors (Lipinski definition) is 0. The van der Waals surface area contributed by atoms with Crippen molar-refractivity contribution in [1.82, 2.24) is 0 Å². The Kier molecular flexibility index (Phi) is 3.27. The maximum absolute atomic E-state index is 11.7. The smallest absolute Gasteiger partial charge is 0.313 e. The number of hydrogen-bond acceptors (Lipinski definition) is 4. The van der Waals surface area contributed by atoms with Crippen LogP contribution in [-0.4, -0.2) is 25.3 Å². The molecule has 2 aliphatic heterocycles. The second kappa shape index (κ2) is 4.87. The lowest BCUT2D eigenvalue weighted by atomic mass is 10.1. The monoisotopic (exact) mass is 210 g/mol. The van der Waals surface area contributed by atoms with Crippen LogP contribution in [0.15, 0.2) is 24.7 Å². The molecule has 4 heteroatoms. The van der Waals surface area contributed by atoms with Crippen molar-refractivity contribution >= 4 is 5.97 Å². The number of ether oxygens (including phenoxy) is 3. The van der Waals surface area contributed by atoms with Gasteiger partial charge in [-0.05, 0) is 18.6 Å². The maximum Gasteiger partial charge on any atom is 0.313 e. The van der Waals surface area contributed by atoms with E-state index < -0.39 is 0 Å². The summed E-state index contributed by atoms with van der Waals surface area (Å²) in [5.74, 6) is -0.332. The molecule has 0 aliphatic carbocycles. The molecule has 0 radical (unpaired) electrons. The van der Waals surface area contributed by atoms with Gasteiger partial charge in [-0.15, -0.1) is 0 Å². The Hall–Kier alpha value is -1.45. The zero-order valence-electron chi connectivity index (χ0n) is 8.43. The van der Waals surface area contributed by atoms with E-state index in [-0.39, 0.29) is 18.0 Å². The molecule has 2 heterocycles. The molecule has 0 fully saturated rings. The van der Waals surface area contributed by atoms with Crippen molar-refractivity contribution < 1.29 is 19.0 Å². The van der Waals surface area contributed by atoms with Crippen LogP contribution in [-0.2, 0) is 19.0 Å². The molecule has 0 aromatic heterocycles. The normalized spacial score (nSPS) is 29.1. The zero-order valence-corrected chi connectivity index (χ0v) is 8.43. The molecule has 82 valence electrons. The van der Waals surface area contributed by atoms with E-state index in [9.17, 15) is 4.79 Å². The van der Waals surface area contributed by atoms with Gasteiger partial charge < -0.3 is 14.2 Å². The zero-order chi connectivity index (χ0) is 10.5. The molecule has 15 heavy (non-hydrogen) atoms. The Bertz CT molecular complexity index is 282. The first-order chi connectivity index (χ1) is 7.36. The molecular formula is C11H14O4. The molecule has 0 saturated heterocycles. The summed E-state index contributed by atoms with van der Waals surface area (Å²) in [6, 6.07) is 0. The van der Waals surface area contributed by atoms with Gasteiger partial charge in [0.1, 0.15) is 6.10 Å². The SMILES string of the molecule is O=C(OC1C=COCC1)C1C=COCC1. The van der Waals surface area contributed by atoms with E-state index in [0.29, 0.717) is 19.6 Å². The van der Waals surface area contributed by atoms with Gasteiger partial charge in [0, 0.05) is 6.42 Å². The van der Waals surface area contributed by atoms with Gasteiger partial charge in [-0.3, -0.25) is 4.79 Å². The summed E-state index contributed by atoms with van der Waals surface area (Å²) in [5, 5.41) is 0. The first-order valence-corrected chi connectivity index (χ1v) is 5.13. The third-order valence-electron chi connectivity index (χ3n) is 2.43. The molecule has 0 spiro atoms. The van der Waals surface area contributed by atoms with Crippen molar-refractivity contribution in [1.29, 1.82) is 0 Å². The molecular weight excluding hydrogens is 196 g/mol. The van der Waals surface area contributed by atoms with Gasteiger partial charge in [-0.1, -0.05) is 0 Å². The lowest BCUT2D eigenvalue weighted by Gasteiger charge is -2.21. The Morgan fingerprint density at radius 1 is 1.13 bits per heavy atom. The highest BCUT2D eigenvalue weighted by Gasteiger charge is 2.22. The highest BCUT2D eigenvalue weighted by atomic mass is 16.5. The Balaban J connectivity index is 1.85. The minimum absolute atomic E-state index is 0.137. The standard InChI is InChI=1S/C11H14O4/c12-11(9-1-5-13-6-2-9)15-10-3-7-14-8-4-10/h1,3,5,7,9-10H,2,4,6,8H2. The van der Waals surface area contributed by atoms with Crippen LogP contribution in [0.1, 0.15) is 12.8 Å². The molecule has 0 N–H and O–H groups in total. The van der Waals surface area contributed by atoms with E-state index in [1.807, 2.05) is 0 Å². The van der Waals surface area contributed by atoms with Gasteiger partial charge in [0.05, 0.1) is 31.7 Å². The van der Waals surface area contributed by atoms with Crippen molar-refractivity contribution in [2.45, 2.75) is 18.9 Å². The third kappa shape index (κ3) is 2.75. The molecule has 4 nitrogen and oxygen atoms in total. The van der Waals surface area contributed by atoms with Gasteiger partial charge >= 0.3 is 5.97 Å². The molecule has 0 amide bonds. The van der Waals surface area contributed by atoms with Crippen LogP contribution in [0.25, 0.3) is 0 Å². The quantitative estimate of drug-likeness (QED) is 0.646.